The second-order valence-electron chi connectivity index (χ2n) is 5.19. The fourth-order valence-corrected chi connectivity index (χ4v) is 3.45. The number of carbonyl (C=O) groups excluding carboxylic acids is 1. The van der Waals surface area contributed by atoms with Crippen LogP contribution in [0.5, 0.6) is 0 Å². The average Bonchev–Trinajstić information content (AvgIpc) is 2.68. The normalized spacial score (nSPS) is 15.8. The standard InChI is InChI=1S/C17H15ClINO/c18-16(12-3-1-5-14(19)9-12)13-7-6-11-4-2-8-20-17(21)15(11)10-13/h1,3,5-7,9-10,16H,2,4,8H2,(H,20,21). The molecule has 1 heterocycles. The Morgan fingerprint density at radius 3 is 2.76 bits per heavy atom. The quantitative estimate of drug-likeness (QED) is 0.579. The summed E-state index contributed by atoms with van der Waals surface area (Å²) in [4.78, 5) is 12.1. The summed E-state index contributed by atoms with van der Waals surface area (Å²) in [6.07, 6.45) is 1.92. The summed E-state index contributed by atoms with van der Waals surface area (Å²) in [5.41, 5.74) is 3.90. The molecule has 21 heavy (non-hydrogen) atoms. The van der Waals surface area contributed by atoms with E-state index in [-0.39, 0.29) is 11.3 Å². The van der Waals surface area contributed by atoms with Crippen LogP contribution >= 0.6 is 34.2 Å². The van der Waals surface area contributed by atoms with E-state index < -0.39 is 0 Å². The number of hydrogen-bond donors (Lipinski definition) is 1. The van der Waals surface area contributed by atoms with Crippen LogP contribution in [0.3, 0.4) is 0 Å². The Bertz CT molecular complexity index is 686. The lowest BCUT2D eigenvalue weighted by atomic mass is 9.97. The van der Waals surface area contributed by atoms with Crippen molar-refractivity contribution >= 4 is 40.1 Å². The molecule has 0 aromatic heterocycles. The Balaban J connectivity index is 1.98. The fraction of sp³-hybridized carbons (Fsp3) is 0.235. The SMILES string of the molecule is O=C1NCCCc2ccc(C(Cl)c3cccc(I)c3)cc21. The van der Waals surface area contributed by atoms with E-state index in [4.69, 9.17) is 11.6 Å². The van der Waals surface area contributed by atoms with Crippen LogP contribution < -0.4 is 5.32 Å². The van der Waals surface area contributed by atoms with Gasteiger partial charge in [-0.25, -0.2) is 0 Å². The summed E-state index contributed by atoms with van der Waals surface area (Å²) < 4.78 is 1.16. The van der Waals surface area contributed by atoms with Crippen molar-refractivity contribution in [3.05, 3.63) is 68.3 Å². The van der Waals surface area contributed by atoms with Crippen LogP contribution in [0.1, 0.15) is 38.8 Å². The van der Waals surface area contributed by atoms with E-state index >= 15 is 0 Å². The second-order valence-corrected chi connectivity index (χ2v) is 6.88. The molecule has 2 nitrogen and oxygen atoms in total. The topological polar surface area (TPSA) is 29.1 Å². The van der Waals surface area contributed by atoms with Gasteiger partial charge in [0, 0.05) is 15.7 Å². The molecule has 1 unspecified atom stereocenters. The first-order valence-electron chi connectivity index (χ1n) is 6.96. The van der Waals surface area contributed by atoms with Gasteiger partial charge in [0.05, 0.1) is 5.38 Å². The van der Waals surface area contributed by atoms with Crippen molar-refractivity contribution in [3.63, 3.8) is 0 Å². The third-order valence-corrected chi connectivity index (χ3v) is 4.90. The molecule has 1 aliphatic heterocycles. The molecule has 1 N–H and O–H groups in total. The fourth-order valence-electron chi connectivity index (χ4n) is 2.61. The smallest absolute Gasteiger partial charge is 0.251 e. The molecule has 1 aliphatic rings. The minimum absolute atomic E-state index is 0.0101. The number of halogens is 2. The molecule has 0 fully saturated rings. The summed E-state index contributed by atoms with van der Waals surface area (Å²) in [6.45, 7) is 0.740. The van der Waals surface area contributed by atoms with Crippen LogP contribution in [0.25, 0.3) is 0 Å². The maximum absolute atomic E-state index is 12.1. The Morgan fingerprint density at radius 2 is 1.95 bits per heavy atom. The van der Waals surface area contributed by atoms with E-state index in [2.05, 4.69) is 34.0 Å². The van der Waals surface area contributed by atoms with Crippen LogP contribution in [-0.4, -0.2) is 12.5 Å². The number of amides is 1. The van der Waals surface area contributed by atoms with Crippen molar-refractivity contribution in [2.24, 2.45) is 0 Å². The monoisotopic (exact) mass is 411 g/mol. The number of aryl methyl sites for hydroxylation is 1. The van der Waals surface area contributed by atoms with Gasteiger partial charge >= 0.3 is 0 Å². The molecule has 0 spiro atoms. The summed E-state index contributed by atoms with van der Waals surface area (Å²) in [6, 6.07) is 14.2. The van der Waals surface area contributed by atoms with E-state index in [1.165, 1.54) is 0 Å². The molecule has 1 atom stereocenters. The molecule has 0 saturated carbocycles. The molecule has 2 aromatic rings. The van der Waals surface area contributed by atoms with Gasteiger partial charge in [-0.15, -0.1) is 11.6 Å². The van der Waals surface area contributed by atoms with Crippen molar-refractivity contribution in [2.45, 2.75) is 18.2 Å². The Morgan fingerprint density at radius 1 is 1.14 bits per heavy atom. The van der Waals surface area contributed by atoms with Gasteiger partial charge in [0.15, 0.2) is 0 Å². The van der Waals surface area contributed by atoms with Gasteiger partial charge in [-0.1, -0.05) is 24.3 Å². The number of benzene rings is 2. The van der Waals surface area contributed by atoms with E-state index in [0.29, 0.717) is 0 Å². The van der Waals surface area contributed by atoms with Crippen LogP contribution in [0.4, 0.5) is 0 Å². The molecule has 0 bridgehead atoms. The van der Waals surface area contributed by atoms with Crippen LogP contribution in [0, 0.1) is 3.57 Å². The van der Waals surface area contributed by atoms with Crippen molar-refractivity contribution < 1.29 is 4.79 Å². The highest BCUT2D eigenvalue weighted by Crippen LogP contribution is 2.31. The molecule has 4 heteroatoms. The highest BCUT2D eigenvalue weighted by molar-refractivity contribution is 14.1. The zero-order valence-electron chi connectivity index (χ0n) is 11.4. The van der Waals surface area contributed by atoms with Crippen LogP contribution in [0.2, 0.25) is 0 Å². The van der Waals surface area contributed by atoms with Crippen molar-refractivity contribution in [1.29, 1.82) is 0 Å². The van der Waals surface area contributed by atoms with Gasteiger partial charge in [0.2, 0.25) is 0 Å². The molecule has 0 radical (unpaired) electrons. The van der Waals surface area contributed by atoms with E-state index in [0.717, 1.165) is 45.2 Å². The van der Waals surface area contributed by atoms with Gasteiger partial charge in [-0.05, 0) is 70.3 Å². The highest BCUT2D eigenvalue weighted by atomic mass is 127. The molecular formula is C17H15ClINO. The zero-order chi connectivity index (χ0) is 14.8. The predicted molar refractivity (Wildman–Crippen MR) is 94.0 cm³/mol. The van der Waals surface area contributed by atoms with Gasteiger partial charge in [0.25, 0.3) is 5.91 Å². The summed E-state index contributed by atoms with van der Waals surface area (Å²) in [5, 5.41) is 2.70. The number of fused-ring (bicyclic) bond motifs is 1. The average molecular weight is 412 g/mol. The van der Waals surface area contributed by atoms with Gasteiger partial charge in [-0.3, -0.25) is 4.79 Å². The Kier molecular flexibility index (Phi) is 4.50. The third kappa shape index (κ3) is 3.24. The van der Waals surface area contributed by atoms with Crippen molar-refractivity contribution in [1.82, 2.24) is 5.32 Å². The molecule has 2 aromatic carbocycles. The van der Waals surface area contributed by atoms with E-state index in [9.17, 15) is 4.79 Å². The summed E-state index contributed by atoms with van der Waals surface area (Å²) in [7, 11) is 0. The zero-order valence-corrected chi connectivity index (χ0v) is 14.3. The molecule has 3 rings (SSSR count). The van der Waals surface area contributed by atoms with E-state index in [1.54, 1.807) is 0 Å². The number of carbonyl (C=O) groups is 1. The largest absolute Gasteiger partial charge is 0.352 e. The van der Waals surface area contributed by atoms with E-state index in [1.807, 2.05) is 36.4 Å². The number of rotatable bonds is 2. The van der Waals surface area contributed by atoms with Crippen molar-refractivity contribution in [3.8, 4) is 0 Å². The lowest BCUT2D eigenvalue weighted by Crippen LogP contribution is -2.22. The molecular weight excluding hydrogens is 397 g/mol. The minimum atomic E-state index is -0.235. The number of alkyl halides is 1. The van der Waals surface area contributed by atoms with Gasteiger partial charge in [-0.2, -0.15) is 0 Å². The maximum atomic E-state index is 12.1. The lowest BCUT2D eigenvalue weighted by Gasteiger charge is -2.13. The van der Waals surface area contributed by atoms with Crippen LogP contribution in [0.15, 0.2) is 42.5 Å². The van der Waals surface area contributed by atoms with Crippen LogP contribution in [-0.2, 0) is 6.42 Å². The first-order valence-corrected chi connectivity index (χ1v) is 8.47. The first-order chi connectivity index (χ1) is 10.1. The lowest BCUT2D eigenvalue weighted by molar-refractivity contribution is 0.0956. The highest BCUT2D eigenvalue weighted by Gasteiger charge is 2.18. The Labute approximate surface area is 143 Å². The number of hydrogen-bond acceptors (Lipinski definition) is 1. The Hall–Kier alpha value is -1.07. The third-order valence-electron chi connectivity index (χ3n) is 3.72. The second kappa shape index (κ2) is 6.36. The predicted octanol–water partition coefficient (Wildman–Crippen LogP) is 4.30. The molecule has 108 valence electrons. The van der Waals surface area contributed by atoms with Gasteiger partial charge < -0.3 is 5.32 Å². The minimum Gasteiger partial charge on any atom is -0.352 e. The molecule has 0 saturated heterocycles. The molecule has 0 aliphatic carbocycles. The van der Waals surface area contributed by atoms with Crippen molar-refractivity contribution in [2.75, 3.05) is 6.54 Å². The maximum Gasteiger partial charge on any atom is 0.251 e. The molecule has 1 amide bonds. The summed E-state index contributed by atoms with van der Waals surface area (Å²) in [5.74, 6) is 0.0101. The first kappa shape index (κ1) is 14.9. The number of nitrogens with one attached hydrogen (secondary N) is 1. The van der Waals surface area contributed by atoms with Gasteiger partial charge in [0.1, 0.15) is 0 Å². The summed E-state index contributed by atoms with van der Waals surface area (Å²) >= 11 is 8.88.